The van der Waals surface area contributed by atoms with Gasteiger partial charge in [-0.1, -0.05) is 42.5 Å². The van der Waals surface area contributed by atoms with Crippen molar-refractivity contribution < 1.29 is 44.1 Å². The number of carbonyl (C=O) groups is 6. The number of aromatic hydroxyl groups is 1. The monoisotopic (exact) mass is 617 g/mol. The van der Waals surface area contributed by atoms with Gasteiger partial charge in [0.1, 0.15) is 23.9 Å². The van der Waals surface area contributed by atoms with Gasteiger partial charge in [-0.25, -0.2) is 14.4 Å². The first-order chi connectivity index (χ1) is 20.5. The number of hydrogen-bond donors (Lipinski definition) is 8. The number of thioether (sulfide) groups is 1. The van der Waals surface area contributed by atoms with Crippen molar-refractivity contribution in [2.75, 3.05) is 25.1 Å². The van der Waals surface area contributed by atoms with E-state index in [9.17, 15) is 44.1 Å². The minimum absolute atomic E-state index is 0.00416. The molecule has 232 valence electrons. The molecule has 0 fully saturated rings. The minimum atomic E-state index is -1.31. The van der Waals surface area contributed by atoms with Gasteiger partial charge in [0, 0.05) is 12.8 Å². The molecule has 0 radical (unpaired) electrons. The zero-order valence-electron chi connectivity index (χ0n) is 23.4. The van der Waals surface area contributed by atoms with E-state index in [1.54, 1.807) is 30.3 Å². The van der Waals surface area contributed by atoms with Crippen molar-refractivity contribution in [2.45, 2.75) is 37.4 Å². The van der Waals surface area contributed by atoms with Crippen molar-refractivity contribution in [2.24, 2.45) is 0 Å². The van der Waals surface area contributed by atoms with Crippen LogP contribution in [-0.4, -0.2) is 94.2 Å². The SMILES string of the molecule is CSCC[C@H](NC(=O)[C@H](Cc1ccccc1)NC(=O)CNC(=O)CNC(=O)NC(Cc1ccc(O)cc1)C(=O)O)C(=O)O. The second-order valence-electron chi connectivity index (χ2n) is 9.36. The Labute approximate surface area is 252 Å². The van der Waals surface area contributed by atoms with Crippen LogP contribution in [0.5, 0.6) is 5.75 Å². The van der Waals surface area contributed by atoms with Crippen LogP contribution in [0.4, 0.5) is 4.79 Å². The Morgan fingerprint density at radius 2 is 1.28 bits per heavy atom. The molecule has 0 bridgehead atoms. The average Bonchev–Trinajstić information content (AvgIpc) is 2.97. The zero-order valence-corrected chi connectivity index (χ0v) is 24.2. The Morgan fingerprint density at radius 1 is 0.698 bits per heavy atom. The fourth-order valence-corrected chi connectivity index (χ4v) is 4.22. The summed E-state index contributed by atoms with van der Waals surface area (Å²) in [5.74, 6) is -4.20. The molecule has 0 saturated heterocycles. The molecule has 43 heavy (non-hydrogen) atoms. The molecule has 0 aromatic heterocycles. The highest BCUT2D eigenvalue weighted by molar-refractivity contribution is 7.98. The standard InChI is InChI=1S/C28H35N5O9S/c1-43-12-11-20(26(38)39)32-25(37)21(13-17-5-3-2-4-6-17)31-24(36)16-29-23(35)15-30-28(42)33-22(27(40)41)14-18-7-9-19(34)10-8-18/h2-10,20-22,34H,11-16H2,1H3,(H,29,35)(H,31,36)(H,32,37)(H,38,39)(H,40,41)(H2,30,33,42)/t20-,21-,22?/m0/s1. The lowest BCUT2D eigenvalue weighted by Gasteiger charge is -2.22. The quantitative estimate of drug-likeness (QED) is 0.117. The first kappa shape index (κ1) is 34.4. The average molecular weight is 618 g/mol. The van der Waals surface area contributed by atoms with E-state index < -0.39 is 66.9 Å². The van der Waals surface area contributed by atoms with Crippen LogP contribution >= 0.6 is 11.8 Å². The fraction of sp³-hybridized carbons (Fsp3) is 0.357. The maximum Gasteiger partial charge on any atom is 0.326 e. The van der Waals surface area contributed by atoms with E-state index in [-0.39, 0.29) is 25.0 Å². The normalized spacial score (nSPS) is 12.6. The van der Waals surface area contributed by atoms with Crippen molar-refractivity contribution >= 4 is 47.5 Å². The van der Waals surface area contributed by atoms with Crippen LogP contribution in [0.2, 0.25) is 0 Å². The van der Waals surface area contributed by atoms with Gasteiger partial charge in [0.25, 0.3) is 0 Å². The summed E-state index contributed by atoms with van der Waals surface area (Å²) in [6, 6.07) is 10.0. The molecule has 2 aromatic carbocycles. The number of carbonyl (C=O) groups excluding carboxylic acids is 4. The molecular formula is C28H35N5O9S. The number of aliphatic carboxylic acids is 2. The molecular weight excluding hydrogens is 582 g/mol. The van der Waals surface area contributed by atoms with Gasteiger partial charge in [-0.2, -0.15) is 11.8 Å². The summed E-state index contributed by atoms with van der Waals surface area (Å²) < 4.78 is 0. The van der Waals surface area contributed by atoms with Crippen molar-refractivity contribution in [1.82, 2.24) is 26.6 Å². The van der Waals surface area contributed by atoms with Gasteiger partial charge in [0.2, 0.25) is 17.7 Å². The molecule has 5 amide bonds. The van der Waals surface area contributed by atoms with Gasteiger partial charge < -0.3 is 41.9 Å². The van der Waals surface area contributed by atoms with Crippen LogP contribution in [0.3, 0.4) is 0 Å². The lowest BCUT2D eigenvalue weighted by atomic mass is 10.0. The third kappa shape index (κ3) is 13.2. The number of benzene rings is 2. The summed E-state index contributed by atoms with van der Waals surface area (Å²) in [7, 11) is 0. The first-order valence-electron chi connectivity index (χ1n) is 13.2. The summed E-state index contributed by atoms with van der Waals surface area (Å²) in [5, 5.41) is 39.9. The molecule has 1 unspecified atom stereocenters. The van der Waals surface area contributed by atoms with Gasteiger partial charge >= 0.3 is 18.0 Å². The third-order valence-corrected chi connectivity index (χ3v) is 6.64. The molecule has 0 aliphatic rings. The Balaban J connectivity index is 1.88. The van der Waals surface area contributed by atoms with Gasteiger partial charge in [-0.15, -0.1) is 0 Å². The minimum Gasteiger partial charge on any atom is -0.508 e. The zero-order chi connectivity index (χ0) is 31.8. The van der Waals surface area contributed by atoms with E-state index in [0.29, 0.717) is 16.9 Å². The number of phenolic OH excluding ortho intramolecular Hbond substituents is 1. The number of carboxylic acid groups (broad SMARTS) is 2. The van der Waals surface area contributed by atoms with Gasteiger partial charge in [-0.05, 0) is 41.7 Å². The van der Waals surface area contributed by atoms with Gasteiger partial charge in [-0.3, -0.25) is 14.4 Å². The number of urea groups is 1. The second kappa shape index (κ2) is 17.9. The molecule has 2 aromatic rings. The van der Waals surface area contributed by atoms with Crippen LogP contribution in [0.1, 0.15) is 17.5 Å². The Bertz CT molecular complexity index is 1260. The molecule has 0 heterocycles. The van der Waals surface area contributed by atoms with Crippen LogP contribution in [0.15, 0.2) is 54.6 Å². The van der Waals surface area contributed by atoms with E-state index in [1.807, 2.05) is 6.26 Å². The van der Waals surface area contributed by atoms with E-state index in [2.05, 4.69) is 26.6 Å². The summed E-state index contributed by atoms with van der Waals surface area (Å²) in [6.45, 7) is -1.12. The molecule has 8 N–H and O–H groups in total. The van der Waals surface area contributed by atoms with Crippen molar-refractivity contribution in [3.05, 3.63) is 65.7 Å². The number of phenols is 1. The largest absolute Gasteiger partial charge is 0.508 e. The van der Waals surface area contributed by atoms with E-state index >= 15 is 0 Å². The molecule has 0 spiro atoms. The highest BCUT2D eigenvalue weighted by Gasteiger charge is 2.27. The molecule has 2 rings (SSSR count). The Morgan fingerprint density at radius 3 is 1.88 bits per heavy atom. The molecule has 15 heteroatoms. The van der Waals surface area contributed by atoms with Crippen molar-refractivity contribution in [1.29, 1.82) is 0 Å². The van der Waals surface area contributed by atoms with Crippen molar-refractivity contribution in [3.63, 3.8) is 0 Å². The number of hydrogen-bond acceptors (Lipinski definition) is 8. The highest BCUT2D eigenvalue weighted by Crippen LogP contribution is 2.11. The van der Waals surface area contributed by atoms with Crippen LogP contribution < -0.4 is 26.6 Å². The molecule has 0 aliphatic carbocycles. The highest BCUT2D eigenvalue weighted by atomic mass is 32.2. The number of rotatable bonds is 17. The predicted octanol–water partition coefficient (Wildman–Crippen LogP) is -0.147. The van der Waals surface area contributed by atoms with Crippen LogP contribution in [0.25, 0.3) is 0 Å². The number of amides is 5. The fourth-order valence-electron chi connectivity index (χ4n) is 3.75. The smallest absolute Gasteiger partial charge is 0.326 e. The maximum absolute atomic E-state index is 13.0. The molecule has 14 nitrogen and oxygen atoms in total. The summed E-state index contributed by atoms with van der Waals surface area (Å²) >= 11 is 1.43. The number of nitrogens with one attached hydrogen (secondary N) is 5. The summed E-state index contributed by atoms with van der Waals surface area (Å²) in [4.78, 5) is 73.0. The van der Waals surface area contributed by atoms with Gasteiger partial charge in [0.05, 0.1) is 13.1 Å². The van der Waals surface area contributed by atoms with E-state index in [1.165, 1.54) is 36.0 Å². The lowest BCUT2D eigenvalue weighted by Crippen LogP contribution is -2.54. The van der Waals surface area contributed by atoms with Gasteiger partial charge in [0.15, 0.2) is 0 Å². The predicted molar refractivity (Wildman–Crippen MR) is 157 cm³/mol. The Hall–Kier alpha value is -4.79. The molecule has 0 saturated carbocycles. The lowest BCUT2D eigenvalue weighted by molar-refractivity contribution is -0.142. The number of carboxylic acids is 2. The van der Waals surface area contributed by atoms with Crippen LogP contribution in [-0.2, 0) is 36.8 Å². The van der Waals surface area contributed by atoms with E-state index in [4.69, 9.17) is 0 Å². The maximum atomic E-state index is 13.0. The summed E-state index contributed by atoms with van der Waals surface area (Å²) in [5.41, 5.74) is 1.26. The topological polar surface area (TPSA) is 223 Å². The Kier molecular flexibility index (Phi) is 14.3. The van der Waals surface area contributed by atoms with E-state index in [0.717, 1.165) is 0 Å². The molecule has 3 atom stereocenters. The summed E-state index contributed by atoms with van der Waals surface area (Å²) in [6.07, 6.45) is 1.99. The third-order valence-electron chi connectivity index (χ3n) is 5.99. The second-order valence-corrected chi connectivity index (χ2v) is 10.3. The van der Waals surface area contributed by atoms with Crippen LogP contribution in [0, 0.1) is 0 Å². The first-order valence-corrected chi connectivity index (χ1v) is 14.5. The van der Waals surface area contributed by atoms with Crippen molar-refractivity contribution in [3.8, 4) is 5.75 Å². The molecule has 0 aliphatic heterocycles.